The van der Waals surface area contributed by atoms with Crippen molar-refractivity contribution in [2.45, 2.75) is 12.7 Å². The monoisotopic (exact) mass is 285 g/mol. The van der Waals surface area contributed by atoms with Gasteiger partial charge in [0.05, 0.1) is 18.8 Å². The number of carbonyl (C=O) groups excluding carboxylic acids is 2. The van der Waals surface area contributed by atoms with Crippen LogP contribution < -0.4 is 0 Å². The van der Waals surface area contributed by atoms with Gasteiger partial charge in [0.25, 0.3) is 5.91 Å². The lowest BCUT2D eigenvalue weighted by molar-refractivity contribution is -0.145. The number of amides is 1. The van der Waals surface area contributed by atoms with Crippen LogP contribution >= 0.6 is 11.8 Å². The number of rotatable bonds is 6. The summed E-state index contributed by atoms with van der Waals surface area (Å²) in [4.78, 5) is 24.9. The zero-order chi connectivity index (χ0) is 14.4. The third-order valence-corrected chi connectivity index (χ3v) is 3.23. The zero-order valence-corrected chi connectivity index (χ0v) is 12.5. The summed E-state index contributed by atoms with van der Waals surface area (Å²) < 4.78 is 10.1. The van der Waals surface area contributed by atoms with E-state index in [2.05, 4.69) is 4.74 Å². The number of methoxy groups -OCH3 is 1. The highest BCUT2D eigenvalue weighted by molar-refractivity contribution is 7.97. The molecule has 0 N–H and O–H groups in total. The van der Waals surface area contributed by atoms with Crippen molar-refractivity contribution >= 4 is 23.6 Å². The average molecular weight is 285 g/mol. The molecule has 0 aromatic carbocycles. The molecule has 0 saturated carbocycles. The number of carbonyl (C=O) groups is 2. The van der Waals surface area contributed by atoms with Crippen molar-refractivity contribution in [3.05, 3.63) is 23.7 Å². The van der Waals surface area contributed by atoms with E-state index in [0.29, 0.717) is 12.3 Å². The molecule has 1 unspecified atom stereocenters. The molecule has 1 heterocycles. The van der Waals surface area contributed by atoms with Crippen LogP contribution in [0.5, 0.6) is 0 Å². The molecule has 5 nitrogen and oxygen atoms in total. The Morgan fingerprint density at radius 1 is 1.47 bits per heavy atom. The quantitative estimate of drug-likeness (QED) is 0.748. The Balaban J connectivity index is 2.63. The van der Waals surface area contributed by atoms with Crippen LogP contribution in [0.1, 0.15) is 23.2 Å². The normalized spacial score (nSPS) is 12.0. The topological polar surface area (TPSA) is 59.8 Å². The minimum absolute atomic E-state index is 0.233. The maximum absolute atomic E-state index is 12.1. The predicted octanol–water partition coefficient (Wildman–Crippen LogP) is 2.02. The molecule has 0 radical (unpaired) electrons. The number of hydrogen-bond acceptors (Lipinski definition) is 5. The summed E-state index contributed by atoms with van der Waals surface area (Å²) in [5.74, 6) is 0.869. The van der Waals surface area contributed by atoms with Gasteiger partial charge in [-0.15, -0.1) is 0 Å². The maximum Gasteiger partial charge on any atom is 0.310 e. The molecule has 1 aromatic heterocycles. The van der Waals surface area contributed by atoms with Crippen molar-refractivity contribution in [1.29, 1.82) is 0 Å². The Kier molecular flexibility index (Phi) is 5.95. The van der Waals surface area contributed by atoms with Gasteiger partial charge in [0.2, 0.25) is 0 Å². The molecule has 0 saturated heterocycles. The van der Waals surface area contributed by atoms with E-state index < -0.39 is 0 Å². The molecule has 1 aromatic rings. The van der Waals surface area contributed by atoms with E-state index in [1.54, 1.807) is 37.9 Å². The van der Waals surface area contributed by atoms with E-state index in [9.17, 15) is 9.59 Å². The van der Waals surface area contributed by atoms with Crippen molar-refractivity contribution < 1.29 is 18.7 Å². The highest BCUT2D eigenvalue weighted by Gasteiger charge is 2.21. The summed E-state index contributed by atoms with van der Waals surface area (Å²) in [7, 11) is 2.97. The number of ether oxygens (including phenoxy) is 1. The Bertz CT molecular complexity index is 444. The molecule has 0 bridgehead atoms. The van der Waals surface area contributed by atoms with E-state index in [1.807, 2.05) is 6.26 Å². The Morgan fingerprint density at radius 2 is 2.16 bits per heavy atom. The predicted molar refractivity (Wildman–Crippen MR) is 74.1 cm³/mol. The summed E-state index contributed by atoms with van der Waals surface area (Å²) in [5.41, 5.74) is 0. The van der Waals surface area contributed by atoms with Crippen LogP contribution in [0.4, 0.5) is 0 Å². The molecule has 0 aliphatic rings. The SMILES string of the molecule is COC(=O)C(C)CN(C)C(=O)c1ccc(CSC)o1. The molecule has 19 heavy (non-hydrogen) atoms. The largest absolute Gasteiger partial charge is 0.469 e. The highest BCUT2D eigenvalue weighted by atomic mass is 32.2. The number of furan rings is 1. The fraction of sp³-hybridized carbons (Fsp3) is 0.538. The van der Waals surface area contributed by atoms with E-state index in [4.69, 9.17) is 4.42 Å². The summed E-state index contributed by atoms with van der Waals surface area (Å²) in [6.07, 6.45) is 1.97. The molecule has 1 rings (SSSR count). The van der Waals surface area contributed by atoms with Crippen LogP contribution in [-0.2, 0) is 15.3 Å². The van der Waals surface area contributed by atoms with Gasteiger partial charge in [-0.05, 0) is 18.4 Å². The van der Waals surface area contributed by atoms with Crippen LogP contribution in [0.2, 0.25) is 0 Å². The number of nitrogens with zero attached hydrogens (tertiary/aromatic N) is 1. The Labute approximate surface area is 117 Å². The molecular weight excluding hydrogens is 266 g/mol. The van der Waals surface area contributed by atoms with E-state index >= 15 is 0 Å². The van der Waals surface area contributed by atoms with Crippen LogP contribution in [0.15, 0.2) is 16.5 Å². The van der Waals surface area contributed by atoms with E-state index in [0.717, 1.165) is 11.5 Å². The molecule has 6 heteroatoms. The van der Waals surface area contributed by atoms with Gasteiger partial charge in [0.1, 0.15) is 5.76 Å². The third-order valence-electron chi connectivity index (χ3n) is 2.66. The molecule has 0 aliphatic carbocycles. The number of hydrogen-bond donors (Lipinski definition) is 0. The first-order valence-corrected chi connectivity index (χ1v) is 7.30. The first-order valence-electron chi connectivity index (χ1n) is 5.90. The van der Waals surface area contributed by atoms with Gasteiger partial charge in [0, 0.05) is 13.6 Å². The second-order valence-corrected chi connectivity index (χ2v) is 5.17. The number of esters is 1. The Hall–Kier alpha value is -1.43. The summed E-state index contributed by atoms with van der Waals surface area (Å²) >= 11 is 1.63. The molecular formula is C13H19NO4S. The molecule has 1 amide bonds. The third kappa shape index (κ3) is 4.31. The first kappa shape index (κ1) is 15.6. The van der Waals surface area contributed by atoms with Crippen LogP contribution in [0, 0.1) is 5.92 Å². The zero-order valence-electron chi connectivity index (χ0n) is 11.6. The molecule has 1 atom stereocenters. The maximum atomic E-state index is 12.1. The number of thioether (sulfide) groups is 1. The van der Waals surface area contributed by atoms with Crippen molar-refractivity contribution in [1.82, 2.24) is 4.90 Å². The first-order chi connectivity index (χ1) is 8.99. The van der Waals surface area contributed by atoms with Gasteiger partial charge in [-0.25, -0.2) is 0 Å². The molecule has 0 spiro atoms. The lowest BCUT2D eigenvalue weighted by atomic mass is 10.1. The molecule has 0 fully saturated rings. The Morgan fingerprint density at radius 3 is 2.74 bits per heavy atom. The van der Waals surface area contributed by atoms with Crippen LogP contribution in [-0.4, -0.2) is 43.7 Å². The van der Waals surface area contributed by atoms with E-state index in [-0.39, 0.29) is 17.8 Å². The summed E-state index contributed by atoms with van der Waals surface area (Å²) in [5, 5.41) is 0. The minimum atomic E-state index is -0.361. The lowest BCUT2D eigenvalue weighted by Crippen LogP contribution is -2.33. The van der Waals surface area contributed by atoms with Gasteiger partial charge >= 0.3 is 5.97 Å². The fourth-order valence-corrected chi connectivity index (χ4v) is 2.11. The van der Waals surface area contributed by atoms with Crippen LogP contribution in [0.3, 0.4) is 0 Å². The average Bonchev–Trinajstić information content (AvgIpc) is 2.85. The lowest BCUT2D eigenvalue weighted by Gasteiger charge is -2.19. The molecule has 0 aliphatic heterocycles. The highest BCUT2D eigenvalue weighted by Crippen LogP contribution is 2.15. The van der Waals surface area contributed by atoms with Crippen molar-refractivity contribution in [2.24, 2.45) is 5.92 Å². The summed E-state index contributed by atoms with van der Waals surface area (Å²) in [6.45, 7) is 2.01. The van der Waals surface area contributed by atoms with Crippen molar-refractivity contribution in [3.8, 4) is 0 Å². The van der Waals surface area contributed by atoms with Gasteiger partial charge < -0.3 is 14.1 Å². The fourth-order valence-electron chi connectivity index (χ4n) is 1.67. The van der Waals surface area contributed by atoms with Gasteiger partial charge in [0.15, 0.2) is 5.76 Å². The summed E-state index contributed by atoms with van der Waals surface area (Å²) in [6, 6.07) is 3.45. The smallest absolute Gasteiger partial charge is 0.310 e. The van der Waals surface area contributed by atoms with Gasteiger partial charge in [-0.1, -0.05) is 6.92 Å². The van der Waals surface area contributed by atoms with Crippen LogP contribution in [0.25, 0.3) is 0 Å². The minimum Gasteiger partial charge on any atom is -0.469 e. The van der Waals surface area contributed by atoms with Gasteiger partial charge in [-0.3, -0.25) is 9.59 Å². The van der Waals surface area contributed by atoms with Crippen molar-refractivity contribution in [3.63, 3.8) is 0 Å². The molecule has 106 valence electrons. The van der Waals surface area contributed by atoms with Crippen molar-refractivity contribution in [2.75, 3.05) is 27.0 Å². The second kappa shape index (κ2) is 7.23. The van der Waals surface area contributed by atoms with Gasteiger partial charge in [-0.2, -0.15) is 11.8 Å². The van der Waals surface area contributed by atoms with E-state index in [1.165, 1.54) is 12.0 Å². The standard InChI is InChI=1S/C13H19NO4S/c1-9(13(16)17-3)7-14(2)12(15)11-6-5-10(18-11)8-19-4/h5-6,9H,7-8H2,1-4H3. The second-order valence-electron chi connectivity index (χ2n) is 4.31.